The van der Waals surface area contributed by atoms with Gasteiger partial charge in [0.25, 0.3) is 0 Å². The Morgan fingerprint density at radius 3 is 2.50 bits per heavy atom. The van der Waals surface area contributed by atoms with Crippen LogP contribution in [-0.2, 0) is 13.2 Å². The predicted molar refractivity (Wildman–Crippen MR) is 98.7 cm³/mol. The number of nitrogens with one attached hydrogen (secondary N) is 1. The molecule has 128 valence electrons. The molecule has 1 N–H and O–H groups in total. The molecule has 3 aromatic carbocycles. The van der Waals surface area contributed by atoms with Crippen LogP contribution in [0.2, 0.25) is 0 Å². The highest BCUT2D eigenvalue weighted by molar-refractivity contribution is 5.77. The standard InChI is InChI=1S/C21H17N3O2/c25-21-23-18-11-10-17(12-19(18)24-21)22-13-16-8-4-5-9-20(16)26-14-15-6-2-1-3-7-15/h1-12,22H,13-14H2. The SMILES string of the molecule is O=C1N=c2ccc(NCc3ccccc3OCc3ccccc3)cc2=N1. The van der Waals surface area contributed by atoms with E-state index in [1.54, 1.807) is 6.07 Å². The number of para-hydroxylation sites is 1. The molecule has 0 radical (unpaired) electrons. The monoisotopic (exact) mass is 343 g/mol. The van der Waals surface area contributed by atoms with E-state index in [1.165, 1.54) is 0 Å². The number of rotatable bonds is 6. The van der Waals surface area contributed by atoms with Crippen molar-refractivity contribution in [1.29, 1.82) is 0 Å². The van der Waals surface area contributed by atoms with Gasteiger partial charge in [0.2, 0.25) is 0 Å². The number of fused-ring (bicyclic) bond motifs is 1. The number of carbonyl (C=O) groups excluding carboxylic acids is 1. The zero-order valence-corrected chi connectivity index (χ0v) is 14.1. The minimum absolute atomic E-state index is 0.447. The Morgan fingerprint density at radius 1 is 0.846 bits per heavy atom. The number of benzene rings is 3. The zero-order chi connectivity index (χ0) is 17.8. The molecule has 0 saturated heterocycles. The molecule has 26 heavy (non-hydrogen) atoms. The van der Waals surface area contributed by atoms with Gasteiger partial charge in [-0.2, -0.15) is 9.98 Å². The molecular formula is C21H17N3O2. The molecule has 0 spiro atoms. The summed E-state index contributed by atoms with van der Waals surface area (Å²) in [6.45, 7) is 1.13. The van der Waals surface area contributed by atoms with Crippen LogP contribution in [0.25, 0.3) is 0 Å². The summed E-state index contributed by atoms with van der Waals surface area (Å²) in [5.41, 5.74) is 3.07. The van der Waals surface area contributed by atoms with Crippen LogP contribution in [0.4, 0.5) is 10.5 Å². The highest BCUT2D eigenvalue weighted by Crippen LogP contribution is 2.20. The third kappa shape index (κ3) is 3.62. The first-order chi connectivity index (χ1) is 12.8. The fourth-order valence-corrected chi connectivity index (χ4v) is 2.77. The van der Waals surface area contributed by atoms with Crippen LogP contribution in [-0.4, -0.2) is 6.03 Å². The van der Waals surface area contributed by atoms with Gasteiger partial charge in [0.1, 0.15) is 12.4 Å². The average molecular weight is 343 g/mol. The fraction of sp³-hybridized carbons (Fsp3) is 0.0952. The third-order valence-electron chi connectivity index (χ3n) is 4.10. The number of amides is 2. The van der Waals surface area contributed by atoms with Crippen LogP contribution in [0.15, 0.2) is 82.8 Å². The van der Waals surface area contributed by atoms with E-state index >= 15 is 0 Å². The van der Waals surface area contributed by atoms with Crippen LogP contribution < -0.4 is 20.8 Å². The van der Waals surface area contributed by atoms with Gasteiger partial charge in [-0.15, -0.1) is 0 Å². The molecule has 0 saturated carbocycles. The van der Waals surface area contributed by atoms with Crippen molar-refractivity contribution >= 4 is 11.7 Å². The Kier molecular flexibility index (Phi) is 4.43. The molecule has 1 aliphatic heterocycles. The molecule has 1 aliphatic rings. The summed E-state index contributed by atoms with van der Waals surface area (Å²) in [6, 6.07) is 23.1. The first-order valence-corrected chi connectivity index (χ1v) is 8.38. The normalized spacial score (nSPS) is 12.1. The van der Waals surface area contributed by atoms with E-state index in [1.807, 2.05) is 66.7 Å². The van der Waals surface area contributed by atoms with Crippen molar-refractivity contribution < 1.29 is 9.53 Å². The number of urea groups is 1. The van der Waals surface area contributed by atoms with E-state index in [-0.39, 0.29) is 0 Å². The molecule has 1 heterocycles. The van der Waals surface area contributed by atoms with Gasteiger partial charge < -0.3 is 10.1 Å². The predicted octanol–water partition coefficient (Wildman–Crippen LogP) is 3.25. The zero-order valence-electron chi connectivity index (χ0n) is 14.1. The minimum Gasteiger partial charge on any atom is -0.489 e. The lowest BCUT2D eigenvalue weighted by Gasteiger charge is -2.13. The van der Waals surface area contributed by atoms with Crippen molar-refractivity contribution in [3.8, 4) is 5.75 Å². The fourth-order valence-electron chi connectivity index (χ4n) is 2.77. The molecule has 0 bridgehead atoms. The lowest BCUT2D eigenvalue weighted by molar-refractivity contribution is 0.256. The minimum atomic E-state index is -0.447. The lowest BCUT2D eigenvalue weighted by atomic mass is 10.2. The van der Waals surface area contributed by atoms with Gasteiger partial charge in [-0.05, 0) is 29.8 Å². The van der Waals surface area contributed by atoms with Crippen molar-refractivity contribution in [1.82, 2.24) is 0 Å². The molecule has 0 fully saturated rings. The van der Waals surface area contributed by atoms with E-state index in [2.05, 4.69) is 15.3 Å². The second-order valence-corrected chi connectivity index (χ2v) is 5.95. The maximum absolute atomic E-state index is 11.3. The molecule has 0 aliphatic carbocycles. The number of nitrogens with zero attached hydrogens (tertiary/aromatic N) is 2. The molecule has 5 heteroatoms. The van der Waals surface area contributed by atoms with E-state index < -0.39 is 6.03 Å². The van der Waals surface area contributed by atoms with Crippen molar-refractivity contribution in [2.24, 2.45) is 9.98 Å². The number of anilines is 1. The average Bonchev–Trinajstić information content (AvgIpc) is 3.05. The third-order valence-corrected chi connectivity index (χ3v) is 4.10. The molecule has 0 aromatic heterocycles. The molecule has 0 unspecified atom stereocenters. The molecular weight excluding hydrogens is 326 g/mol. The summed E-state index contributed by atoms with van der Waals surface area (Å²) >= 11 is 0. The quantitative estimate of drug-likeness (QED) is 0.747. The van der Waals surface area contributed by atoms with Gasteiger partial charge in [0, 0.05) is 17.8 Å². The largest absolute Gasteiger partial charge is 0.489 e. The Morgan fingerprint density at radius 2 is 1.62 bits per heavy atom. The van der Waals surface area contributed by atoms with Gasteiger partial charge in [0.05, 0.1) is 10.7 Å². The van der Waals surface area contributed by atoms with E-state index in [9.17, 15) is 4.79 Å². The highest BCUT2D eigenvalue weighted by atomic mass is 16.5. The molecule has 3 aromatic rings. The van der Waals surface area contributed by atoms with Crippen LogP contribution >= 0.6 is 0 Å². The Hall–Kier alpha value is -3.47. The van der Waals surface area contributed by atoms with Gasteiger partial charge in [-0.1, -0.05) is 48.5 Å². The van der Waals surface area contributed by atoms with Crippen molar-refractivity contribution in [3.05, 3.63) is 94.6 Å². The van der Waals surface area contributed by atoms with Gasteiger partial charge in [-0.3, -0.25) is 0 Å². The maximum atomic E-state index is 11.3. The van der Waals surface area contributed by atoms with Gasteiger partial charge >= 0.3 is 6.03 Å². The Bertz CT molecular complexity index is 1060. The smallest absolute Gasteiger partial charge is 0.368 e. The maximum Gasteiger partial charge on any atom is 0.368 e. The van der Waals surface area contributed by atoms with Crippen molar-refractivity contribution in [3.63, 3.8) is 0 Å². The van der Waals surface area contributed by atoms with Crippen LogP contribution in [0.5, 0.6) is 5.75 Å². The summed E-state index contributed by atoms with van der Waals surface area (Å²) in [4.78, 5) is 19.0. The summed E-state index contributed by atoms with van der Waals surface area (Å²) in [5, 5.41) is 4.57. The van der Waals surface area contributed by atoms with Crippen LogP contribution in [0.1, 0.15) is 11.1 Å². The first kappa shape index (κ1) is 16.0. The summed E-state index contributed by atoms with van der Waals surface area (Å²) in [6.07, 6.45) is 0. The van der Waals surface area contributed by atoms with E-state index in [4.69, 9.17) is 4.74 Å². The summed E-state index contributed by atoms with van der Waals surface area (Å²) in [7, 11) is 0. The highest BCUT2D eigenvalue weighted by Gasteiger charge is 2.07. The Labute approximate surface area is 150 Å². The van der Waals surface area contributed by atoms with Crippen LogP contribution in [0, 0.1) is 0 Å². The first-order valence-electron chi connectivity index (χ1n) is 8.38. The number of ether oxygens (including phenoxy) is 1. The molecule has 4 rings (SSSR count). The number of carbonyl (C=O) groups is 1. The summed E-state index contributed by atoms with van der Waals surface area (Å²) < 4.78 is 5.98. The van der Waals surface area contributed by atoms with Crippen molar-refractivity contribution in [2.45, 2.75) is 13.2 Å². The van der Waals surface area contributed by atoms with Gasteiger partial charge in [-0.25, -0.2) is 4.79 Å². The second kappa shape index (κ2) is 7.19. The number of hydrogen-bond acceptors (Lipinski definition) is 3. The molecule has 0 atom stereocenters. The number of hydrogen-bond donors (Lipinski definition) is 1. The van der Waals surface area contributed by atoms with E-state index in [0.29, 0.717) is 23.9 Å². The second-order valence-electron chi connectivity index (χ2n) is 5.95. The van der Waals surface area contributed by atoms with Gasteiger partial charge in [0.15, 0.2) is 0 Å². The Balaban J connectivity index is 1.46. The summed E-state index contributed by atoms with van der Waals surface area (Å²) in [5.74, 6) is 0.847. The molecule has 5 nitrogen and oxygen atoms in total. The molecule has 2 amide bonds. The lowest BCUT2D eigenvalue weighted by Crippen LogP contribution is -2.21. The van der Waals surface area contributed by atoms with E-state index in [0.717, 1.165) is 22.6 Å². The topological polar surface area (TPSA) is 63.0 Å². The van der Waals surface area contributed by atoms with Crippen molar-refractivity contribution in [2.75, 3.05) is 5.32 Å². The van der Waals surface area contributed by atoms with Crippen LogP contribution in [0.3, 0.4) is 0 Å².